The number of aryl methyl sites for hydroxylation is 3. The number of benzene rings is 3. The van der Waals surface area contributed by atoms with Gasteiger partial charge >= 0.3 is 0 Å². The fourth-order valence-electron chi connectivity index (χ4n) is 4.78. The average molecular weight is 480 g/mol. The molecule has 0 radical (unpaired) electrons. The van der Waals surface area contributed by atoms with E-state index in [0.29, 0.717) is 24.4 Å². The van der Waals surface area contributed by atoms with Crippen LogP contribution in [0.1, 0.15) is 28.2 Å². The Morgan fingerprint density at radius 1 is 0.833 bits per heavy atom. The van der Waals surface area contributed by atoms with E-state index < -0.39 is 0 Å². The molecule has 5 rings (SSSR count). The molecular weight excluding hydrogens is 449 g/mol. The first-order valence-corrected chi connectivity index (χ1v) is 12.2. The number of halogens is 1. The first-order valence-electron chi connectivity index (χ1n) is 12.2. The highest BCUT2D eigenvalue weighted by Gasteiger charge is 2.14. The van der Waals surface area contributed by atoms with Gasteiger partial charge in [0.25, 0.3) is 0 Å². The van der Waals surface area contributed by atoms with Crippen LogP contribution in [0.5, 0.6) is 0 Å². The maximum absolute atomic E-state index is 14.3. The van der Waals surface area contributed by atoms with Gasteiger partial charge in [-0.2, -0.15) is 0 Å². The van der Waals surface area contributed by atoms with E-state index in [-0.39, 0.29) is 5.82 Å². The van der Waals surface area contributed by atoms with Gasteiger partial charge in [0, 0.05) is 30.2 Å². The topological polar surface area (TPSA) is 65.6 Å². The molecule has 2 heterocycles. The van der Waals surface area contributed by atoms with Crippen LogP contribution in [-0.4, -0.2) is 21.5 Å². The predicted molar refractivity (Wildman–Crippen MR) is 146 cm³/mol. The van der Waals surface area contributed by atoms with Crippen molar-refractivity contribution >= 4 is 22.5 Å². The Labute approximate surface area is 210 Å². The van der Waals surface area contributed by atoms with Crippen molar-refractivity contribution in [3.05, 3.63) is 107 Å². The maximum Gasteiger partial charge on any atom is 0.147 e. The molecule has 0 aliphatic carbocycles. The van der Waals surface area contributed by atoms with Crippen LogP contribution < -0.4 is 10.6 Å². The van der Waals surface area contributed by atoms with Crippen molar-refractivity contribution in [2.75, 3.05) is 17.2 Å². The van der Waals surface area contributed by atoms with Crippen LogP contribution in [0, 0.1) is 26.6 Å². The summed E-state index contributed by atoms with van der Waals surface area (Å²) in [5.74, 6) is 2.02. The van der Waals surface area contributed by atoms with Crippen LogP contribution in [0.15, 0.2) is 72.8 Å². The molecule has 0 fully saturated rings. The van der Waals surface area contributed by atoms with E-state index in [0.717, 1.165) is 40.3 Å². The Kier molecular flexibility index (Phi) is 6.67. The monoisotopic (exact) mass is 479 g/mol. The van der Waals surface area contributed by atoms with Crippen molar-refractivity contribution in [1.82, 2.24) is 15.0 Å². The van der Waals surface area contributed by atoms with Gasteiger partial charge in [0.1, 0.15) is 23.3 Å². The molecule has 6 heteroatoms. The molecule has 0 unspecified atom stereocenters. The highest BCUT2D eigenvalue weighted by atomic mass is 19.1. The van der Waals surface area contributed by atoms with Gasteiger partial charge in [-0.3, -0.25) is 0 Å². The van der Waals surface area contributed by atoms with E-state index in [9.17, 15) is 4.39 Å². The standard InChI is InChI=1S/C30H30FN5/c1-19-13-14-26(31)30-29(19)24(20(2)34-30)15-16-32-27-17-28(36-21(3)35-27)33-18-23-11-7-8-12-25(23)22-9-5-4-6-10-22/h4-14,17,34H,15-16,18H2,1-3H3,(H2,32,33,35,36). The number of anilines is 2. The van der Waals surface area contributed by atoms with Gasteiger partial charge in [-0.05, 0) is 61.1 Å². The van der Waals surface area contributed by atoms with E-state index >= 15 is 0 Å². The Morgan fingerprint density at radius 2 is 1.56 bits per heavy atom. The number of nitrogens with one attached hydrogen (secondary N) is 3. The molecule has 5 nitrogen and oxygen atoms in total. The number of nitrogens with zero attached hydrogens (tertiary/aromatic N) is 2. The van der Waals surface area contributed by atoms with Crippen LogP contribution in [0.25, 0.3) is 22.0 Å². The second-order valence-electron chi connectivity index (χ2n) is 9.08. The zero-order valence-corrected chi connectivity index (χ0v) is 20.8. The van der Waals surface area contributed by atoms with Gasteiger partial charge in [-0.25, -0.2) is 14.4 Å². The molecule has 3 N–H and O–H groups in total. The first kappa shape index (κ1) is 23.5. The molecule has 0 atom stereocenters. The third-order valence-electron chi connectivity index (χ3n) is 6.51. The number of hydrogen-bond acceptors (Lipinski definition) is 4. The number of fused-ring (bicyclic) bond motifs is 1. The van der Waals surface area contributed by atoms with E-state index in [1.165, 1.54) is 22.8 Å². The van der Waals surface area contributed by atoms with Gasteiger partial charge in [0.2, 0.25) is 0 Å². The zero-order valence-electron chi connectivity index (χ0n) is 20.8. The molecular formula is C30H30FN5. The summed E-state index contributed by atoms with van der Waals surface area (Å²) in [6, 6.07) is 24.1. The molecule has 36 heavy (non-hydrogen) atoms. The lowest BCUT2D eigenvalue weighted by Crippen LogP contribution is -2.10. The van der Waals surface area contributed by atoms with E-state index in [4.69, 9.17) is 0 Å². The van der Waals surface area contributed by atoms with Gasteiger partial charge in [0.15, 0.2) is 0 Å². The fourth-order valence-corrected chi connectivity index (χ4v) is 4.78. The van der Waals surface area contributed by atoms with Crippen LogP contribution in [0.3, 0.4) is 0 Å². The summed E-state index contributed by atoms with van der Waals surface area (Å²) in [6.45, 7) is 7.24. The molecule has 0 saturated heterocycles. The molecule has 0 aliphatic rings. The number of rotatable bonds is 8. The summed E-state index contributed by atoms with van der Waals surface area (Å²) in [7, 11) is 0. The van der Waals surface area contributed by atoms with Gasteiger partial charge in [-0.1, -0.05) is 60.7 Å². The zero-order chi connectivity index (χ0) is 25.1. The molecule has 0 bridgehead atoms. The summed E-state index contributed by atoms with van der Waals surface area (Å²) in [5, 5.41) is 7.87. The second-order valence-corrected chi connectivity index (χ2v) is 9.08. The number of H-pyrrole nitrogens is 1. The molecule has 0 saturated carbocycles. The van der Waals surface area contributed by atoms with E-state index in [2.05, 4.69) is 74.1 Å². The van der Waals surface area contributed by atoms with Crippen LogP contribution in [-0.2, 0) is 13.0 Å². The van der Waals surface area contributed by atoms with Crippen molar-refractivity contribution in [1.29, 1.82) is 0 Å². The van der Waals surface area contributed by atoms with E-state index in [1.54, 1.807) is 0 Å². The van der Waals surface area contributed by atoms with Crippen molar-refractivity contribution < 1.29 is 4.39 Å². The second kappa shape index (κ2) is 10.2. The summed E-state index contributed by atoms with van der Waals surface area (Å²) in [6.07, 6.45) is 0.756. The Bertz CT molecular complexity index is 1510. The third kappa shape index (κ3) is 4.93. The largest absolute Gasteiger partial charge is 0.370 e. The highest BCUT2D eigenvalue weighted by Crippen LogP contribution is 2.28. The summed E-state index contributed by atoms with van der Waals surface area (Å²) >= 11 is 0. The SMILES string of the molecule is Cc1nc(NCCc2c(C)[nH]c3c(F)ccc(C)c23)cc(NCc2ccccc2-c2ccccc2)n1. The van der Waals surface area contributed by atoms with Crippen molar-refractivity contribution in [2.24, 2.45) is 0 Å². The third-order valence-corrected chi connectivity index (χ3v) is 6.51. The first-order chi connectivity index (χ1) is 17.5. The minimum Gasteiger partial charge on any atom is -0.370 e. The lowest BCUT2D eigenvalue weighted by Gasteiger charge is -2.13. The van der Waals surface area contributed by atoms with Crippen molar-refractivity contribution in [2.45, 2.75) is 33.7 Å². The Balaban J connectivity index is 1.28. The quantitative estimate of drug-likeness (QED) is 0.225. The molecule has 5 aromatic rings. The minimum absolute atomic E-state index is 0.214. The van der Waals surface area contributed by atoms with E-state index in [1.807, 2.05) is 39.0 Å². The van der Waals surface area contributed by atoms with Crippen LogP contribution in [0.2, 0.25) is 0 Å². The summed E-state index contributed by atoms with van der Waals surface area (Å²) < 4.78 is 14.3. The molecule has 0 spiro atoms. The van der Waals surface area contributed by atoms with Crippen LogP contribution in [0.4, 0.5) is 16.0 Å². The lowest BCUT2D eigenvalue weighted by atomic mass is 10.00. The summed E-state index contributed by atoms with van der Waals surface area (Å²) in [5.41, 5.74) is 7.39. The minimum atomic E-state index is -0.214. The highest BCUT2D eigenvalue weighted by molar-refractivity contribution is 5.88. The van der Waals surface area contributed by atoms with Gasteiger partial charge < -0.3 is 15.6 Å². The predicted octanol–water partition coefficient (Wildman–Crippen LogP) is 6.96. The fraction of sp³-hybridized carbons (Fsp3) is 0.200. The molecule has 0 amide bonds. The number of aromatic nitrogens is 3. The van der Waals surface area contributed by atoms with Gasteiger partial charge in [0.05, 0.1) is 5.52 Å². The maximum atomic E-state index is 14.3. The molecule has 0 aliphatic heterocycles. The molecule has 182 valence electrons. The lowest BCUT2D eigenvalue weighted by molar-refractivity contribution is 0.637. The number of aromatic amines is 1. The molecule has 2 aromatic heterocycles. The van der Waals surface area contributed by atoms with Crippen molar-refractivity contribution in [3.63, 3.8) is 0 Å². The Hall–Kier alpha value is -4.19. The van der Waals surface area contributed by atoms with Crippen LogP contribution >= 0.6 is 0 Å². The normalized spacial score (nSPS) is 11.1. The summed E-state index contributed by atoms with van der Waals surface area (Å²) in [4.78, 5) is 12.3. The van der Waals surface area contributed by atoms with Gasteiger partial charge in [-0.15, -0.1) is 0 Å². The molecule has 3 aromatic carbocycles. The number of hydrogen-bond donors (Lipinski definition) is 3. The van der Waals surface area contributed by atoms with Crippen molar-refractivity contribution in [3.8, 4) is 11.1 Å². The smallest absolute Gasteiger partial charge is 0.147 e. The Morgan fingerprint density at radius 3 is 2.36 bits per heavy atom. The average Bonchev–Trinajstić information content (AvgIpc) is 3.23.